The first-order chi connectivity index (χ1) is 8.25. The van der Waals surface area contributed by atoms with E-state index in [1.807, 2.05) is 0 Å². The molecule has 1 aromatic heterocycles. The van der Waals surface area contributed by atoms with Crippen LogP contribution in [-0.2, 0) is 10.3 Å². The summed E-state index contributed by atoms with van der Waals surface area (Å²) in [5.74, 6) is 1.40. The molecule has 0 atom stereocenters. The summed E-state index contributed by atoms with van der Waals surface area (Å²) in [6.07, 6.45) is 8.62. The number of anilines is 1. The van der Waals surface area contributed by atoms with Gasteiger partial charge in [0.15, 0.2) is 5.82 Å². The van der Waals surface area contributed by atoms with Gasteiger partial charge in [0.2, 0.25) is 0 Å². The van der Waals surface area contributed by atoms with Crippen molar-refractivity contribution < 1.29 is 4.74 Å². The Morgan fingerprint density at radius 3 is 2.65 bits per heavy atom. The molecule has 2 saturated carbocycles. The van der Waals surface area contributed by atoms with E-state index in [1.54, 1.807) is 13.3 Å². The number of nitrogens with zero attached hydrogens (tertiary/aromatic N) is 2. The molecule has 2 N–H and O–H groups in total. The van der Waals surface area contributed by atoms with Crippen molar-refractivity contribution in [1.82, 2.24) is 9.97 Å². The van der Waals surface area contributed by atoms with Crippen LogP contribution in [0, 0.1) is 0 Å². The van der Waals surface area contributed by atoms with E-state index in [2.05, 4.69) is 4.98 Å². The third kappa shape index (κ3) is 1.80. The van der Waals surface area contributed by atoms with Gasteiger partial charge in [0.1, 0.15) is 5.60 Å². The predicted molar refractivity (Wildman–Crippen MR) is 65.6 cm³/mol. The smallest absolute Gasteiger partial charge is 0.160 e. The lowest BCUT2D eigenvalue weighted by molar-refractivity contribution is -0.0164. The summed E-state index contributed by atoms with van der Waals surface area (Å²) >= 11 is 0. The zero-order valence-corrected chi connectivity index (χ0v) is 10.3. The van der Waals surface area contributed by atoms with Crippen LogP contribution in [0.5, 0.6) is 0 Å². The molecule has 0 aliphatic heterocycles. The number of nitrogen functional groups attached to an aromatic ring is 1. The summed E-state index contributed by atoms with van der Waals surface area (Å²) in [6, 6.07) is 0. The molecule has 0 spiro atoms. The quantitative estimate of drug-likeness (QED) is 0.870. The van der Waals surface area contributed by atoms with Crippen molar-refractivity contribution in [1.29, 1.82) is 0 Å². The van der Waals surface area contributed by atoms with Crippen LogP contribution in [0.3, 0.4) is 0 Å². The van der Waals surface area contributed by atoms with Crippen LogP contribution in [0.25, 0.3) is 0 Å². The van der Waals surface area contributed by atoms with E-state index < -0.39 is 0 Å². The van der Waals surface area contributed by atoms with Gasteiger partial charge in [-0.3, -0.25) is 0 Å². The molecule has 3 rings (SSSR count). The van der Waals surface area contributed by atoms with Gasteiger partial charge >= 0.3 is 0 Å². The van der Waals surface area contributed by atoms with Crippen LogP contribution < -0.4 is 5.73 Å². The fourth-order valence-electron chi connectivity index (χ4n) is 2.77. The third-order valence-corrected chi connectivity index (χ3v) is 4.02. The maximum Gasteiger partial charge on any atom is 0.160 e. The third-order valence-electron chi connectivity index (χ3n) is 4.02. The summed E-state index contributed by atoms with van der Waals surface area (Å²) in [5, 5.41) is 0. The first kappa shape index (κ1) is 11.0. The number of nitrogens with two attached hydrogens (primary N) is 1. The lowest BCUT2D eigenvalue weighted by atomic mass is 10.0. The molecular weight excluding hydrogens is 214 g/mol. The van der Waals surface area contributed by atoms with E-state index in [9.17, 15) is 0 Å². The van der Waals surface area contributed by atoms with Crippen molar-refractivity contribution in [3.8, 4) is 0 Å². The second kappa shape index (κ2) is 3.95. The molecule has 0 bridgehead atoms. The molecule has 1 aromatic rings. The SMILES string of the molecule is COC1(c2ncc(N)c(C3CC3)n2)CCCC1. The van der Waals surface area contributed by atoms with E-state index in [4.69, 9.17) is 15.5 Å². The van der Waals surface area contributed by atoms with Crippen LogP contribution in [0.2, 0.25) is 0 Å². The molecule has 0 radical (unpaired) electrons. The monoisotopic (exact) mass is 233 g/mol. The summed E-state index contributed by atoms with van der Waals surface area (Å²) < 4.78 is 5.71. The minimum absolute atomic E-state index is 0.253. The van der Waals surface area contributed by atoms with E-state index in [1.165, 1.54) is 25.7 Å². The van der Waals surface area contributed by atoms with Crippen molar-refractivity contribution >= 4 is 5.69 Å². The summed E-state index contributed by atoms with van der Waals surface area (Å²) in [5.41, 5.74) is 7.47. The molecule has 2 aliphatic carbocycles. The maximum atomic E-state index is 5.95. The Labute approximate surface area is 102 Å². The Hall–Kier alpha value is -1.16. The van der Waals surface area contributed by atoms with Gasteiger partial charge in [-0.25, -0.2) is 9.97 Å². The molecule has 0 aromatic carbocycles. The fraction of sp³-hybridized carbons (Fsp3) is 0.692. The number of hydrogen-bond acceptors (Lipinski definition) is 4. The van der Waals surface area contributed by atoms with Gasteiger partial charge in [0, 0.05) is 13.0 Å². The van der Waals surface area contributed by atoms with Crippen LogP contribution in [0.1, 0.15) is 56.0 Å². The van der Waals surface area contributed by atoms with Crippen LogP contribution in [0.4, 0.5) is 5.69 Å². The van der Waals surface area contributed by atoms with E-state index in [0.717, 1.165) is 30.0 Å². The Bertz CT molecular complexity index is 423. The average Bonchev–Trinajstić information content (AvgIpc) is 3.07. The first-order valence-electron chi connectivity index (χ1n) is 6.43. The summed E-state index contributed by atoms with van der Waals surface area (Å²) in [4.78, 5) is 9.11. The number of methoxy groups -OCH3 is 1. The van der Waals surface area contributed by atoms with Crippen LogP contribution in [-0.4, -0.2) is 17.1 Å². The van der Waals surface area contributed by atoms with Gasteiger partial charge in [0.05, 0.1) is 17.6 Å². The Morgan fingerprint density at radius 1 is 1.35 bits per heavy atom. The lowest BCUT2D eigenvalue weighted by Gasteiger charge is -2.26. The highest BCUT2D eigenvalue weighted by Gasteiger charge is 2.39. The molecule has 1 heterocycles. The zero-order chi connectivity index (χ0) is 11.9. The highest BCUT2D eigenvalue weighted by molar-refractivity contribution is 5.44. The Kier molecular flexibility index (Phi) is 2.54. The Morgan fingerprint density at radius 2 is 2.06 bits per heavy atom. The molecule has 4 nitrogen and oxygen atoms in total. The fourth-order valence-corrected chi connectivity index (χ4v) is 2.77. The molecule has 0 saturated heterocycles. The highest BCUT2D eigenvalue weighted by atomic mass is 16.5. The number of ether oxygens (including phenoxy) is 1. The molecule has 0 unspecified atom stereocenters. The van der Waals surface area contributed by atoms with Crippen molar-refractivity contribution in [2.45, 2.75) is 50.0 Å². The second-order valence-electron chi connectivity index (χ2n) is 5.21. The molecule has 0 amide bonds. The van der Waals surface area contributed by atoms with Gasteiger partial charge < -0.3 is 10.5 Å². The second-order valence-corrected chi connectivity index (χ2v) is 5.21. The van der Waals surface area contributed by atoms with E-state index in [0.29, 0.717) is 5.92 Å². The van der Waals surface area contributed by atoms with Crippen molar-refractivity contribution in [2.75, 3.05) is 12.8 Å². The van der Waals surface area contributed by atoms with Crippen LogP contribution in [0.15, 0.2) is 6.20 Å². The number of rotatable bonds is 3. The highest BCUT2D eigenvalue weighted by Crippen LogP contribution is 2.44. The largest absolute Gasteiger partial charge is 0.396 e. The number of aromatic nitrogens is 2. The Balaban J connectivity index is 1.99. The predicted octanol–water partition coefficient (Wildman–Crippen LogP) is 2.35. The summed E-state index contributed by atoms with van der Waals surface area (Å²) in [6.45, 7) is 0. The molecular formula is C13H19N3O. The topological polar surface area (TPSA) is 61.0 Å². The minimum atomic E-state index is -0.253. The molecule has 4 heteroatoms. The van der Waals surface area contributed by atoms with Crippen LogP contribution >= 0.6 is 0 Å². The lowest BCUT2D eigenvalue weighted by Crippen LogP contribution is -2.28. The van der Waals surface area contributed by atoms with Gasteiger partial charge in [-0.1, -0.05) is 0 Å². The molecule has 2 aliphatic rings. The standard InChI is InChI=1S/C13H19N3O/c1-17-13(6-2-3-7-13)12-15-8-10(14)11(16-12)9-4-5-9/h8-9H,2-7,14H2,1H3. The van der Waals surface area contributed by atoms with Crippen molar-refractivity contribution in [3.63, 3.8) is 0 Å². The molecule has 92 valence electrons. The van der Waals surface area contributed by atoms with Gasteiger partial charge in [-0.05, 0) is 38.5 Å². The van der Waals surface area contributed by atoms with Gasteiger partial charge in [-0.15, -0.1) is 0 Å². The zero-order valence-electron chi connectivity index (χ0n) is 10.3. The van der Waals surface area contributed by atoms with Gasteiger partial charge in [0.25, 0.3) is 0 Å². The van der Waals surface area contributed by atoms with Crippen molar-refractivity contribution in [3.05, 3.63) is 17.7 Å². The van der Waals surface area contributed by atoms with Crippen molar-refractivity contribution in [2.24, 2.45) is 0 Å². The normalized spacial score (nSPS) is 22.9. The van der Waals surface area contributed by atoms with E-state index >= 15 is 0 Å². The number of hydrogen-bond donors (Lipinski definition) is 1. The molecule has 17 heavy (non-hydrogen) atoms. The average molecular weight is 233 g/mol. The first-order valence-corrected chi connectivity index (χ1v) is 6.43. The summed E-state index contributed by atoms with van der Waals surface area (Å²) in [7, 11) is 1.77. The maximum absolute atomic E-state index is 5.95. The van der Waals surface area contributed by atoms with E-state index in [-0.39, 0.29) is 5.60 Å². The van der Waals surface area contributed by atoms with Gasteiger partial charge in [-0.2, -0.15) is 0 Å². The molecule has 2 fully saturated rings. The minimum Gasteiger partial charge on any atom is -0.396 e.